The molecule has 0 saturated carbocycles. The number of rotatable bonds is 13. The maximum Gasteiger partial charge on any atom is 0.184 e. The van der Waals surface area contributed by atoms with Crippen LogP contribution in [0, 0.1) is 0 Å². The molecular formula is C50H43N7. The first-order chi connectivity index (χ1) is 28.2. The molecule has 9 aromatic rings. The standard InChI is InChI=1S/C50H43N7/c1-2-3-8-29-48-52-46-35-51-45(39-19-9-4-10-20-39)34-47(46)56(48)36-37-30-32-38(33-31-37)43-27-17-18-28-44(43)49-53-54-55-57(49)50(40-21-11-5-12-22-40,41-23-13-6-14-24-41)42-25-15-7-16-26-42/h4-7,9-28,30-35H,2-3,8,29,36H2,1H3. The molecule has 3 aromatic heterocycles. The van der Waals surface area contributed by atoms with E-state index >= 15 is 0 Å². The number of imidazole rings is 1. The molecule has 9 rings (SSSR count). The van der Waals surface area contributed by atoms with Gasteiger partial charge in [-0.1, -0.05) is 190 Å². The van der Waals surface area contributed by atoms with Crippen molar-refractivity contribution in [2.75, 3.05) is 0 Å². The minimum atomic E-state index is -0.849. The number of hydrogen-bond acceptors (Lipinski definition) is 5. The molecule has 0 radical (unpaired) electrons. The van der Waals surface area contributed by atoms with Gasteiger partial charge >= 0.3 is 0 Å². The average Bonchev–Trinajstić information content (AvgIpc) is 3.91. The molecule has 0 atom stereocenters. The molecule has 7 heteroatoms. The second-order valence-electron chi connectivity index (χ2n) is 14.5. The van der Waals surface area contributed by atoms with E-state index in [1.807, 2.05) is 35.1 Å². The number of tetrazole rings is 1. The lowest BCUT2D eigenvalue weighted by atomic mass is 9.77. The number of fused-ring (bicyclic) bond motifs is 1. The van der Waals surface area contributed by atoms with Crippen molar-refractivity contribution in [1.29, 1.82) is 0 Å². The number of nitrogens with zero attached hydrogens (tertiary/aromatic N) is 7. The highest BCUT2D eigenvalue weighted by molar-refractivity contribution is 5.82. The summed E-state index contributed by atoms with van der Waals surface area (Å²) in [5.41, 5.74) is 10.7. The number of aryl methyl sites for hydroxylation is 1. The topological polar surface area (TPSA) is 74.3 Å². The molecule has 3 heterocycles. The van der Waals surface area contributed by atoms with E-state index < -0.39 is 5.54 Å². The van der Waals surface area contributed by atoms with Gasteiger partial charge in [-0.3, -0.25) is 4.98 Å². The van der Waals surface area contributed by atoms with E-state index in [0.29, 0.717) is 12.4 Å². The molecule has 0 fully saturated rings. The quantitative estimate of drug-likeness (QED) is 0.0869. The molecule has 0 aliphatic heterocycles. The zero-order valence-electron chi connectivity index (χ0n) is 32.0. The van der Waals surface area contributed by atoms with Crippen molar-refractivity contribution < 1.29 is 0 Å². The van der Waals surface area contributed by atoms with Crippen molar-refractivity contribution in [3.05, 3.63) is 210 Å². The third-order valence-electron chi connectivity index (χ3n) is 10.9. The van der Waals surface area contributed by atoms with Crippen LogP contribution in [0.15, 0.2) is 182 Å². The Bertz CT molecular complexity index is 2610. The SMILES string of the molecule is CCCCCc1nc2cnc(-c3ccccc3)cc2n1Cc1ccc(-c2ccccc2-c2nnnn2C(c2ccccc2)(c2ccccc2)c2ccccc2)cc1. The molecule has 57 heavy (non-hydrogen) atoms. The maximum absolute atomic E-state index is 5.09. The fraction of sp³-hybridized carbons (Fsp3) is 0.140. The number of benzene rings is 6. The second-order valence-corrected chi connectivity index (χ2v) is 14.5. The van der Waals surface area contributed by atoms with Gasteiger partial charge < -0.3 is 4.57 Å². The highest BCUT2D eigenvalue weighted by Gasteiger charge is 2.42. The molecule has 0 aliphatic rings. The van der Waals surface area contributed by atoms with Gasteiger partial charge in [0.1, 0.15) is 16.9 Å². The summed E-state index contributed by atoms with van der Waals surface area (Å²) >= 11 is 0. The molecule has 0 amide bonds. The van der Waals surface area contributed by atoms with Crippen LogP contribution in [-0.2, 0) is 18.5 Å². The summed E-state index contributed by atoms with van der Waals surface area (Å²) in [5, 5.41) is 13.9. The van der Waals surface area contributed by atoms with Crippen molar-refractivity contribution in [2.45, 2.75) is 44.7 Å². The predicted octanol–water partition coefficient (Wildman–Crippen LogP) is 11.0. The fourth-order valence-electron chi connectivity index (χ4n) is 8.13. The van der Waals surface area contributed by atoms with Crippen molar-refractivity contribution >= 4 is 11.0 Å². The lowest BCUT2D eigenvalue weighted by molar-refractivity contribution is 0.451. The van der Waals surface area contributed by atoms with Gasteiger partial charge in [0.15, 0.2) is 5.82 Å². The zero-order valence-corrected chi connectivity index (χ0v) is 32.0. The van der Waals surface area contributed by atoms with Gasteiger partial charge in [-0.25, -0.2) is 9.67 Å². The summed E-state index contributed by atoms with van der Waals surface area (Å²) < 4.78 is 4.38. The number of unbranched alkanes of at least 4 members (excludes halogenated alkanes) is 2. The number of pyridine rings is 1. The van der Waals surface area contributed by atoms with E-state index in [1.54, 1.807) is 0 Å². The van der Waals surface area contributed by atoms with Gasteiger partial charge in [-0.2, -0.15) is 0 Å². The Hall–Kier alpha value is -6.99. The van der Waals surface area contributed by atoms with Crippen LogP contribution in [0.25, 0.3) is 44.8 Å². The predicted molar refractivity (Wildman–Crippen MR) is 229 cm³/mol. The van der Waals surface area contributed by atoms with Gasteiger partial charge in [0.25, 0.3) is 0 Å². The van der Waals surface area contributed by atoms with Crippen LogP contribution in [-0.4, -0.2) is 34.7 Å². The smallest absolute Gasteiger partial charge is 0.184 e. The van der Waals surface area contributed by atoms with Crippen molar-refractivity contribution in [2.24, 2.45) is 0 Å². The van der Waals surface area contributed by atoms with Crippen molar-refractivity contribution in [1.82, 2.24) is 34.7 Å². The minimum Gasteiger partial charge on any atom is -0.323 e. The van der Waals surface area contributed by atoms with Crippen molar-refractivity contribution in [3.8, 4) is 33.8 Å². The second kappa shape index (κ2) is 16.0. The van der Waals surface area contributed by atoms with E-state index in [0.717, 1.165) is 74.3 Å². The summed E-state index contributed by atoms with van der Waals surface area (Å²) in [5.74, 6) is 1.78. The van der Waals surface area contributed by atoms with Gasteiger partial charge in [-0.05, 0) is 56.3 Å². The molecule has 0 bridgehead atoms. The third kappa shape index (κ3) is 6.82. The molecule has 7 nitrogen and oxygen atoms in total. The molecule has 0 unspecified atom stereocenters. The molecule has 0 aliphatic carbocycles. The zero-order chi connectivity index (χ0) is 38.4. The Labute approximate surface area is 333 Å². The summed E-state index contributed by atoms with van der Waals surface area (Å²) in [7, 11) is 0. The van der Waals surface area contributed by atoms with Gasteiger partial charge in [0, 0.05) is 24.1 Å². The largest absolute Gasteiger partial charge is 0.323 e. The van der Waals surface area contributed by atoms with Crippen LogP contribution in [0.2, 0.25) is 0 Å². The van der Waals surface area contributed by atoms with Gasteiger partial charge in [-0.15, -0.1) is 5.10 Å². The van der Waals surface area contributed by atoms with Crippen LogP contribution < -0.4 is 0 Å². The van der Waals surface area contributed by atoms with E-state index in [2.05, 4.69) is 168 Å². The lowest BCUT2D eigenvalue weighted by Gasteiger charge is -2.36. The van der Waals surface area contributed by atoms with Crippen LogP contribution in [0.1, 0.15) is 54.3 Å². The van der Waals surface area contributed by atoms with E-state index in [9.17, 15) is 0 Å². The van der Waals surface area contributed by atoms with E-state index in [4.69, 9.17) is 20.3 Å². The number of aromatic nitrogens is 7. The first-order valence-corrected chi connectivity index (χ1v) is 19.8. The average molecular weight is 742 g/mol. The Kier molecular flexibility index (Phi) is 10.0. The van der Waals surface area contributed by atoms with Gasteiger partial charge in [0.05, 0.1) is 17.4 Å². The Morgan fingerprint density at radius 1 is 0.579 bits per heavy atom. The number of hydrogen-bond donors (Lipinski definition) is 0. The molecule has 0 saturated heterocycles. The fourth-order valence-corrected chi connectivity index (χ4v) is 8.13. The normalized spacial score (nSPS) is 11.6. The highest BCUT2D eigenvalue weighted by atomic mass is 15.6. The molecule has 278 valence electrons. The summed E-state index contributed by atoms with van der Waals surface area (Å²) in [6.07, 6.45) is 6.30. The van der Waals surface area contributed by atoms with E-state index in [1.165, 1.54) is 18.4 Å². The van der Waals surface area contributed by atoms with Crippen molar-refractivity contribution in [3.63, 3.8) is 0 Å². The molecule has 0 N–H and O–H groups in total. The lowest BCUT2D eigenvalue weighted by Crippen LogP contribution is -2.39. The first-order valence-electron chi connectivity index (χ1n) is 19.8. The summed E-state index contributed by atoms with van der Waals surface area (Å²) in [6, 6.07) is 61.5. The molecule has 6 aromatic carbocycles. The molecular weight excluding hydrogens is 699 g/mol. The van der Waals surface area contributed by atoms with Crippen LogP contribution >= 0.6 is 0 Å². The first kappa shape index (κ1) is 35.7. The monoisotopic (exact) mass is 741 g/mol. The Morgan fingerprint density at radius 2 is 1.16 bits per heavy atom. The summed E-state index contributed by atoms with van der Waals surface area (Å²) in [6.45, 7) is 2.95. The van der Waals surface area contributed by atoms with Crippen LogP contribution in [0.4, 0.5) is 0 Å². The third-order valence-corrected chi connectivity index (χ3v) is 10.9. The highest BCUT2D eigenvalue weighted by Crippen LogP contribution is 2.43. The minimum absolute atomic E-state index is 0.677. The maximum atomic E-state index is 5.09. The van der Waals surface area contributed by atoms with Gasteiger partial charge in [0.2, 0.25) is 0 Å². The van der Waals surface area contributed by atoms with Crippen LogP contribution in [0.3, 0.4) is 0 Å². The molecule has 0 spiro atoms. The Morgan fingerprint density at radius 3 is 1.77 bits per heavy atom. The Balaban J connectivity index is 1.12. The van der Waals surface area contributed by atoms with Crippen LogP contribution in [0.5, 0.6) is 0 Å². The summed E-state index contributed by atoms with van der Waals surface area (Å²) in [4.78, 5) is 9.88. The van der Waals surface area contributed by atoms with E-state index in [-0.39, 0.29) is 0 Å².